The van der Waals surface area contributed by atoms with E-state index >= 15 is 0 Å². The van der Waals surface area contributed by atoms with Gasteiger partial charge in [-0.25, -0.2) is 4.39 Å². The molecule has 1 unspecified atom stereocenters. The highest BCUT2D eigenvalue weighted by Crippen LogP contribution is 2.31. The lowest BCUT2D eigenvalue weighted by Crippen LogP contribution is -2.17. The zero-order valence-corrected chi connectivity index (χ0v) is 7.29. The number of rotatable bonds is 2. The largest absolute Gasteiger partial charge is 0.490 e. The topological polar surface area (TPSA) is 35.2 Å². The summed E-state index contributed by atoms with van der Waals surface area (Å²) in [5.74, 6) is 0.510. The Morgan fingerprint density at radius 1 is 1.54 bits per heavy atom. The summed E-state index contributed by atoms with van der Waals surface area (Å²) in [5.41, 5.74) is 6.10. The molecule has 2 nitrogen and oxygen atoms in total. The molecule has 1 aromatic carbocycles. The van der Waals surface area contributed by atoms with Gasteiger partial charge in [-0.2, -0.15) is 0 Å². The molecule has 70 valence electrons. The van der Waals surface area contributed by atoms with Gasteiger partial charge in [0, 0.05) is 12.0 Å². The maximum absolute atomic E-state index is 13.2. The van der Waals surface area contributed by atoms with Crippen LogP contribution in [0.15, 0.2) is 18.2 Å². The number of ether oxygens (including phenoxy) is 1. The minimum absolute atomic E-state index is 0.0666. The van der Waals surface area contributed by atoms with Crippen LogP contribution in [0.2, 0.25) is 0 Å². The fourth-order valence-electron chi connectivity index (χ4n) is 1.64. The summed E-state index contributed by atoms with van der Waals surface area (Å²) in [6.45, 7) is 0.584. The van der Waals surface area contributed by atoms with E-state index in [4.69, 9.17) is 10.5 Å². The first-order valence-electron chi connectivity index (χ1n) is 4.45. The Labute approximate surface area is 76.5 Å². The van der Waals surface area contributed by atoms with E-state index in [0.717, 1.165) is 6.42 Å². The van der Waals surface area contributed by atoms with Gasteiger partial charge in [0.25, 0.3) is 0 Å². The van der Waals surface area contributed by atoms with Crippen LogP contribution in [-0.2, 0) is 6.42 Å². The van der Waals surface area contributed by atoms with E-state index in [1.807, 2.05) is 0 Å². The number of hydrogen-bond donors (Lipinski definition) is 1. The van der Waals surface area contributed by atoms with Crippen LogP contribution in [0.4, 0.5) is 4.39 Å². The molecular formula is C10H12FNO. The predicted octanol–water partition coefficient (Wildman–Crippen LogP) is 1.48. The second kappa shape index (κ2) is 3.34. The summed E-state index contributed by atoms with van der Waals surface area (Å²) in [7, 11) is 0. The van der Waals surface area contributed by atoms with E-state index in [0.29, 0.717) is 24.3 Å². The maximum Gasteiger partial charge on any atom is 0.130 e. The van der Waals surface area contributed by atoms with E-state index in [-0.39, 0.29) is 11.9 Å². The summed E-state index contributed by atoms with van der Waals surface area (Å²) in [4.78, 5) is 0. The molecule has 0 saturated heterocycles. The fraction of sp³-hybridized carbons (Fsp3) is 0.400. The lowest BCUT2D eigenvalue weighted by molar-refractivity contribution is 0.224. The first-order valence-corrected chi connectivity index (χ1v) is 4.45. The van der Waals surface area contributed by atoms with Gasteiger partial charge in [-0.15, -0.1) is 0 Å². The molecule has 2 N–H and O–H groups in total. The number of benzene rings is 1. The smallest absolute Gasteiger partial charge is 0.130 e. The summed E-state index contributed by atoms with van der Waals surface area (Å²) < 4.78 is 18.7. The first-order chi connectivity index (χ1) is 6.31. The summed E-state index contributed by atoms with van der Waals surface area (Å²) in [6, 6.07) is 4.93. The molecule has 1 aromatic rings. The zero-order chi connectivity index (χ0) is 9.26. The van der Waals surface area contributed by atoms with E-state index in [2.05, 4.69) is 0 Å². The quantitative estimate of drug-likeness (QED) is 0.750. The molecule has 0 bridgehead atoms. The van der Waals surface area contributed by atoms with E-state index in [1.54, 1.807) is 12.1 Å². The molecule has 0 fully saturated rings. The molecule has 1 heterocycles. The lowest BCUT2D eigenvalue weighted by atomic mass is 10.1. The summed E-state index contributed by atoms with van der Waals surface area (Å²) >= 11 is 0. The maximum atomic E-state index is 13.2. The molecule has 0 amide bonds. The van der Waals surface area contributed by atoms with Crippen LogP contribution >= 0.6 is 0 Å². The molecule has 0 aliphatic carbocycles. The summed E-state index contributed by atoms with van der Waals surface area (Å²) in [5, 5.41) is 0. The number of nitrogens with two attached hydrogens (primary N) is 1. The Kier molecular flexibility index (Phi) is 2.19. The molecule has 0 radical (unpaired) electrons. The van der Waals surface area contributed by atoms with Crippen LogP contribution in [0.25, 0.3) is 0 Å². The predicted molar refractivity (Wildman–Crippen MR) is 48.2 cm³/mol. The number of halogens is 1. The molecule has 1 aliphatic rings. The molecule has 2 rings (SSSR count). The lowest BCUT2D eigenvalue weighted by Gasteiger charge is -2.07. The van der Waals surface area contributed by atoms with Crippen molar-refractivity contribution in [1.82, 2.24) is 0 Å². The van der Waals surface area contributed by atoms with Crippen molar-refractivity contribution in [3.05, 3.63) is 29.6 Å². The zero-order valence-electron chi connectivity index (χ0n) is 7.29. The van der Waals surface area contributed by atoms with Crippen molar-refractivity contribution in [2.45, 2.75) is 18.9 Å². The Hall–Kier alpha value is -1.09. The van der Waals surface area contributed by atoms with Crippen molar-refractivity contribution in [2.24, 2.45) is 5.73 Å². The molecule has 13 heavy (non-hydrogen) atoms. The standard InChI is InChI=1S/C10H12FNO/c11-9-2-1-3-10-8(9)6-7(13-10)4-5-12/h1-3,7H,4-6,12H2. The SMILES string of the molecule is NCCC1Cc2c(F)cccc2O1. The molecule has 0 spiro atoms. The van der Waals surface area contributed by atoms with Crippen LogP contribution in [0, 0.1) is 5.82 Å². The Bertz CT molecular complexity index is 314. The Balaban J connectivity index is 2.20. The first kappa shape index (κ1) is 8.51. The molecule has 3 heteroatoms. The van der Waals surface area contributed by atoms with Gasteiger partial charge in [-0.3, -0.25) is 0 Å². The van der Waals surface area contributed by atoms with Gasteiger partial charge in [-0.1, -0.05) is 6.07 Å². The van der Waals surface area contributed by atoms with E-state index in [9.17, 15) is 4.39 Å². The fourth-order valence-corrected chi connectivity index (χ4v) is 1.64. The minimum Gasteiger partial charge on any atom is -0.490 e. The van der Waals surface area contributed by atoms with Crippen LogP contribution in [0.3, 0.4) is 0 Å². The van der Waals surface area contributed by atoms with Crippen LogP contribution in [0.1, 0.15) is 12.0 Å². The van der Waals surface area contributed by atoms with Crippen molar-refractivity contribution in [3.8, 4) is 5.75 Å². The number of hydrogen-bond acceptors (Lipinski definition) is 2. The van der Waals surface area contributed by atoms with Crippen molar-refractivity contribution in [2.75, 3.05) is 6.54 Å². The minimum atomic E-state index is -0.169. The Morgan fingerprint density at radius 3 is 3.08 bits per heavy atom. The highest BCUT2D eigenvalue weighted by molar-refractivity contribution is 5.38. The van der Waals surface area contributed by atoms with Gasteiger partial charge < -0.3 is 10.5 Å². The molecular weight excluding hydrogens is 169 g/mol. The van der Waals surface area contributed by atoms with Crippen molar-refractivity contribution in [3.63, 3.8) is 0 Å². The van der Waals surface area contributed by atoms with Gasteiger partial charge in [-0.05, 0) is 25.1 Å². The van der Waals surface area contributed by atoms with Gasteiger partial charge in [0.15, 0.2) is 0 Å². The molecule has 0 aromatic heterocycles. The van der Waals surface area contributed by atoms with Crippen LogP contribution in [0.5, 0.6) is 5.75 Å². The second-order valence-corrected chi connectivity index (χ2v) is 3.24. The third kappa shape index (κ3) is 1.52. The van der Waals surface area contributed by atoms with Gasteiger partial charge in [0.2, 0.25) is 0 Å². The van der Waals surface area contributed by atoms with Crippen molar-refractivity contribution < 1.29 is 9.13 Å². The molecule has 1 atom stereocenters. The second-order valence-electron chi connectivity index (χ2n) is 3.24. The van der Waals surface area contributed by atoms with Crippen LogP contribution in [-0.4, -0.2) is 12.6 Å². The van der Waals surface area contributed by atoms with Crippen molar-refractivity contribution >= 4 is 0 Å². The normalized spacial score (nSPS) is 19.7. The van der Waals surface area contributed by atoms with E-state index in [1.165, 1.54) is 6.07 Å². The highest BCUT2D eigenvalue weighted by Gasteiger charge is 2.24. The monoisotopic (exact) mass is 181 g/mol. The summed E-state index contributed by atoms with van der Waals surface area (Å²) in [6.07, 6.45) is 1.50. The van der Waals surface area contributed by atoms with Gasteiger partial charge in [0.05, 0.1) is 0 Å². The average Bonchev–Trinajstić information content (AvgIpc) is 2.49. The number of fused-ring (bicyclic) bond motifs is 1. The molecule has 1 aliphatic heterocycles. The third-order valence-electron chi connectivity index (χ3n) is 2.29. The average molecular weight is 181 g/mol. The van der Waals surface area contributed by atoms with E-state index < -0.39 is 0 Å². The molecule has 0 saturated carbocycles. The Morgan fingerprint density at radius 2 is 2.38 bits per heavy atom. The van der Waals surface area contributed by atoms with Crippen LogP contribution < -0.4 is 10.5 Å². The van der Waals surface area contributed by atoms with Gasteiger partial charge >= 0.3 is 0 Å². The van der Waals surface area contributed by atoms with Gasteiger partial charge in [0.1, 0.15) is 17.7 Å². The third-order valence-corrected chi connectivity index (χ3v) is 2.29. The highest BCUT2D eigenvalue weighted by atomic mass is 19.1. The van der Waals surface area contributed by atoms with Crippen molar-refractivity contribution in [1.29, 1.82) is 0 Å².